The molecule has 0 aliphatic rings. The standard InChI is InChI=1S/C13H17NOS/c1-8-5-6-15-12(8)11(14-4)13-9(2)7-10(3)16-13/h5-7,11,14H,1-4H3. The third kappa shape index (κ3) is 1.93. The minimum Gasteiger partial charge on any atom is -0.467 e. The molecule has 2 nitrogen and oxygen atoms in total. The quantitative estimate of drug-likeness (QED) is 0.879. The molecule has 0 aliphatic heterocycles. The summed E-state index contributed by atoms with van der Waals surface area (Å²) in [6.07, 6.45) is 1.75. The monoisotopic (exact) mass is 235 g/mol. The number of rotatable bonds is 3. The summed E-state index contributed by atoms with van der Waals surface area (Å²) < 4.78 is 5.58. The van der Waals surface area contributed by atoms with Gasteiger partial charge in [-0.3, -0.25) is 0 Å². The van der Waals surface area contributed by atoms with Crippen LogP contribution in [0.3, 0.4) is 0 Å². The minimum atomic E-state index is 0.175. The molecular weight excluding hydrogens is 218 g/mol. The zero-order valence-corrected chi connectivity index (χ0v) is 10.9. The zero-order valence-electron chi connectivity index (χ0n) is 10.1. The Kier molecular flexibility index (Phi) is 3.17. The number of aryl methyl sites for hydroxylation is 3. The molecule has 1 unspecified atom stereocenters. The topological polar surface area (TPSA) is 25.2 Å². The van der Waals surface area contributed by atoms with Gasteiger partial charge in [0.25, 0.3) is 0 Å². The van der Waals surface area contributed by atoms with Gasteiger partial charge in [0.15, 0.2) is 0 Å². The van der Waals surface area contributed by atoms with Gasteiger partial charge < -0.3 is 9.73 Å². The van der Waals surface area contributed by atoms with Crippen LogP contribution in [0.2, 0.25) is 0 Å². The number of thiophene rings is 1. The van der Waals surface area contributed by atoms with Gasteiger partial charge >= 0.3 is 0 Å². The van der Waals surface area contributed by atoms with Crippen molar-refractivity contribution in [2.45, 2.75) is 26.8 Å². The van der Waals surface area contributed by atoms with Gasteiger partial charge in [-0.1, -0.05) is 0 Å². The Bertz CT molecular complexity index is 484. The summed E-state index contributed by atoms with van der Waals surface area (Å²) >= 11 is 1.83. The smallest absolute Gasteiger partial charge is 0.128 e. The molecular formula is C13H17NOS. The summed E-state index contributed by atoms with van der Waals surface area (Å²) in [5.74, 6) is 1.02. The van der Waals surface area contributed by atoms with Crippen molar-refractivity contribution in [2.24, 2.45) is 0 Å². The van der Waals surface area contributed by atoms with Gasteiger partial charge in [0.1, 0.15) is 11.8 Å². The maximum absolute atomic E-state index is 5.58. The van der Waals surface area contributed by atoms with E-state index in [-0.39, 0.29) is 6.04 Å². The van der Waals surface area contributed by atoms with E-state index in [4.69, 9.17) is 4.42 Å². The molecule has 0 radical (unpaired) electrons. The van der Waals surface area contributed by atoms with E-state index in [0.29, 0.717) is 0 Å². The van der Waals surface area contributed by atoms with Gasteiger partial charge in [-0.25, -0.2) is 0 Å². The molecule has 0 spiro atoms. The van der Waals surface area contributed by atoms with Crippen molar-refractivity contribution in [3.05, 3.63) is 45.0 Å². The van der Waals surface area contributed by atoms with E-state index < -0.39 is 0 Å². The van der Waals surface area contributed by atoms with Crippen LogP contribution in [-0.4, -0.2) is 7.05 Å². The highest BCUT2D eigenvalue weighted by atomic mass is 32.1. The van der Waals surface area contributed by atoms with Gasteiger partial charge in [0.2, 0.25) is 0 Å². The second kappa shape index (κ2) is 4.44. The third-order valence-electron chi connectivity index (χ3n) is 2.79. The summed E-state index contributed by atoms with van der Waals surface area (Å²) in [6.45, 7) is 6.38. The van der Waals surface area contributed by atoms with E-state index in [1.165, 1.54) is 20.9 Å². The molecule has 0 saturated carbocycles. The maximum Gasteiger partial charge on any atom is 0.128 e. The van der Waals surface area contributed by atoms with Crippen molar-refractivity contribution < 1.29 is 4.42 Å². The summed E-state index contributed by atoms with van der Waals surface area (Å²) in [7, 11) is 1.97. The molecule has 16 heavy (non-hydrogen) atoms. The van der Waals surface area contributed by atoms with Crippen molar-refractivity contribution >= 4 is 11.3 Å². The highest BCUT2D eigenvalue weighted by molar-refractivity contribution is 7.12. The lowest BCUT2D eigenvalue weighted by atomic mass is 10.1. The molecule has 2 aromatic heterocycles. The van der Waals surface area contributed by atoms with Crippen LogP contribution in [0.25, 0.3) is 0 Å². The van der Waals surface area contributed by atoms with E-state index in [9.17, 15) is 0 Å². The molecule has 3 heteroatoms. The lowest BCUT2D eigenvalue weighted by Crippen LogP contribution is -2.17. The SMILES string of the molecule is CNC(c1occc1C)c1sc(C)cc1C. The fourth-order valence-corrected chi connectivity index (χ4v) is 3.15. The Morgan fingerprint density at radius 1 is 1.25 bits per heavy atom. The fourth-order valence-electron chi connectivity index (χ4n) is 2.01. The van der Waals surface area contributed by atoms with Crippen LogP contribution in [0.1, 0.15) is 32.7 Å². The Morgan fingerprint density at radius 2 is 2.00 bits per heavy atom. The van der Waals surface area contributed by atoms with Crippen LogP contribution >= 0.6 is 11.3 Å². The van der Waals surface area contributed by atoms with E-state index in [1.54, 1.807) is 6.26 Å². The lowest BCUT2D eigenvalue weighted by Gasteiger charge is -2.14. The summed E-state index contributed by atoms with van der Waals surface area (Å²) in [6, 6.07) is 4.41. The molecule has 1 atom stereocenters. The van der Waals surface area contributed by atoms with Crippen molar-refractivity contribution in [3.63, 3.8) is 0 Å². The third-order valence-corrected chi connectivity index (χ3v) is 4.01. The normalized spacial score (nSPS) is 13.0. The van der Waals surface area contributed by atoms with E-state index >= 15 is 0 Å². The Labute approximate surface area is 100 Å². The second-order valence-corrected chi connectivity index (χ2v) is 5.38. The first kappa shape index (κ1) is 11.4. The molecule has 0 aliphatic carbocycles. The van der Waals surface area contributed by atoms with E-state index in [2.05, 4.69) is 32.2 Å². The predicted molar refractivity (Wildman–Crippen MR) is 68.1 cm³/mol. The molecule has 86 valence electrons. The first-order valence-electron chi connectivity index (χ1n) is 5.41. The average molecular weight is 235 g/mol. The van der Waals surface area contributed by atoms with Gasteiger partial charge in [-0.15, -0.1) is 11.3 Å². The highest BCUT2D eigenvalue weighted by Gasteiger charge is 2.20. The van der Waals surface area contributed by atoms with Crippen LogP contribution in [0.5, 0.6) is 0 Å². The highest BCUT2D eigenvalue weighted by Crippen LogP contribution is 2.33. The first-order chi connectivity index (χ1) is 7.63. The van der Waals surface area contributed by atoms with Gasteiger partial charge in [-0.2, -0.15) is 0 Å². The summed E-state index contributed by atoms with van der Waals surface area (Å²) in [5.41, 5.74) is 2.53. The number of hydrogen-bond acceptors (Lipinski definition) is 3. The number of hydrogen-bond donors (Lipinski definition) is 1. The zero-order chi connectivity index (χ0) is 11.7. The molecule has 0 bridgehead atoms. The van der Waals surface area contributed by atoms with Crippen LogP contribution in [0, 0.1) is 20.8 Å². The van der Waals surface area contributed by atoms with Crippen LogP contribution < -0.4 is 5.32 Å². The van der Waals surface area contributed by atoms with Gasteiger partial charge in [0, 0.05) is 9.75 Å². The largest absolute Gasteiger partial charge is 0.467 e. The maximum atomic E-state index is 5.58. The van der Waals surface area contributed by atoms with E-state index in [1.807, 2.05) is 24.5 Å². The fraction of sp³-hybridized carbons (Fsp3) is 0.385. The Balaban J connectivity index is 2.44. The molecule has 0 amide bonds. The van der Waals surface area contributed by atoms with Gasteiger partial charge in [0.05, 0.1) is 6.26 Å². The van der Waals surface area contributed by atoms with E-state index in [0.717, 1.165) is 5.76 Å². The molecule has 2 rings (SSSR count). The number of furan rings is 1. The van der Waals surface area contributed by atoms with Crippen molar-refractivity contribution in [2.75, 3.05) is 7.05 Å². The number of nitrogens with one attached hydrogen (secondary N) is 1. The van der Waals surface area contributed by atoms with Crippen molar-refractivity contribution in [1.82, 2.24) is 5.32 Å². The average Bonchev–Trinajstić information content (AvgIpc) is 2.77. The predicted octanol–water partition coefficient (Wildman–Crippen LogP) is 3.58. The van der Waals surface area contributed by atoms with Crippen molar-refractivity contribution in [1.29, 1.82) is 0 Å². The molecule has 1 N–H and O–H groups in total. The Hall–Kier alpha value is -1.06. The Morgan fingerprint density at radius 3 is 2.44 bits per heavy atom. The second-order valence-electron chi connectivity index (χ2n) is 4.09. The molecule has 0 saturated heterocycles. The molecule has 2 heterocycles. The van der Waals surface area contributed by atoms with Crippen LogP contribution in [0.4, 0.5) is 0 Å². The van der Waals surface area contributed by atoms with Gasteiger partial charge in [-0.05, 0) is 51.1 Å². The molecule has 0 fully saturated rings. The van der Waals surface area contributed by atoms with Crippen molar-refractivity contribution in [3.8, 4) is 0 Å². The molecule has 0 aromatic carbocycles. The summed E-state index contributed by atoms with van der Waals surface area (Å²) in [5, 5.41) is 3.33. The lowest BCUT2D eigenvalue weighted by molar-refractivity contribution is 0.462. The summed E-state index contributed by atoms with van der Waals surface area (Å²) in [4.78, 5) is 2.69. The molecule has 2 aromatic rings. The first-order valence-corrected chi connectivity index (χ1v) is 6.23. The van der Waals surface area contributed by atoms with Crippen LogP contribution in [0.15, 0.2) is 22.8 Å². The van der Waals surface area contributed by atoms with Crippen LogP contribution in [-0.2, 0) is 0 Å². The minimum absolute atomic E-state index is 0.175.